The van der Waals surface area contributed by atoms with Gasteiger partial charge in [-0.2, -0.15) is 9.37 Å². The fourth-order valence-corrected chi connectivity index (χ4v) is 2.66. The molecule has 0 aliphatic rings. The van der Waals surface area contributed by atoms with Crippen molar-refractivity contribution in [2.75, 3.05) is 24.9 Å². The Balaban J connectivity index is 1.89. The van der Waals surface area contributed by atoms with E-state index >= 15 is 0 Å². The van der Waals surface area contributed by atoms with E-state index in [-0.39, 0.29) is 23.1 Å². The van der Waals surface area contributed by atoms with E-state index in [1.807, 2.05) is 0 Å². The molecule has 1 amide bonds. The highest BCUT2D eigenvalue weighted by Gasteiger charge is 2.19. The number of anilines is 4. The van der Waals surface area contributed by atoms with Gasteiger partial charge in [0.15, 0.2) is 0 Å². The molecule has 1 heterocycles. The Bertz CT molecular complexity index is 1180. The fraction of sp³-hybridized carbons (Fsp3) is 0.105. The van der Waals surface area contributed by atoms with E-state index in [0.29, 0.717) is 17.3 Å². The molecular formula is C19H17FN6O6. The number of ether oxygens (including phenoxy) is 3. The number of nitro groups is 1. The minimum Gasteiger partial charge on any atom is -0.495 e. The number of primary amides is 1. The summed E-state index contributed by atoms with van der Waals surface area (Å²) >= 11 is 0. The van der Waals surface area contributed by atoms with Crippen molar-refractivity contribution >= 4 is 34.9 Å². The molecule has 0 unspecified atom stereocenters. The third kappa shape index (κ3) is 5.08. The third-order valence-electron chi connectivity index (χ3n) is 4.02. The van der Waals surface area contributed by atoms with Gasteiger partial charge in [0.1, 0.15) is 23.1 Å². The molecule has 0 saturated carbocycles. The monoisotopic (exact) mass is 444 g/mol. The second-order valence-corrected chi connectivity index (χ2v) is 6.06. The molecule has 0 aliphatic heterocycles. The molecule has 0 saturated heterocycles. The van der Waals surface area contributed by atoms with Gasteiger partial charge in [-0.3, -0.25) is 10.1 Å². The lowest BCUT2D eigenvalue weighted by molar-refractivity contribution is -0.387. The average molecular weight is 444 g/mol. The van der Waals surface area contributed by atoms with Crippen molar-refractivity contribution in [3.05, 3.63) is 58.5 Å². The van der Waals surface area contributed by atoms with Crippen molar-refractivity contribution in [2.45, 2.75) is 0 Å². The first-order valence-corrected chi connectivity index (χ1v) is 8.85. The number of amides is 1. The number of benzene rings is 2. The minimum atomic E-state index is -1.04. The van der Waals surface area contributed by atoms with E-state index in [2.05, 4.69) is 20.6 Å². The highest BCUT2D eigenvalue weighted by molar-refractivity contribution is 5.72. The molecule has 0 spiro atoms. The zero-order chi connectivity index (χ0) is 23.3. The molecule has 0 bridgehead atoms. The number of nitrogens with two attached hydrogens (primary N) is 1. The molecule has 166 valence electrons. The Morgan fingerprint density at radius 1 is 1.09 bits per heavy atom. The van der Waals surface area contributed by atoms with Crippen LogP contribution in [-0.2, 0) is 0 Å². The zero-order valence-electron chi connectivity index (χ0n) is 16.8. The molecule has 0 aliphatic carbocycles. The summed E-state index contributed by atoms with van der Waals surface area (Å²) in [5, 5.41) is 16.8. The smallest absolute Gasteiger partial charge is 0.409 e. The van der Waals surface area contributed by atoms with Crippen LogP contribution < -0.4 is 30.6 Å². The summed E-state index contributed by atoms with van der Waals surface area (Å²) < 4.78 is 29.1. The molecule has 0 radical (unpaired) electrons. The molecule has 3 rings (SSSR count). The van der Waals surface area contributed by atoms with Gasteiger partial charge in [0.25, 0.3) is 0 Å². The van der Waals surface area contributed by atoms with Crippen LogP contribution in [0.5, 0.6) is 17.2 Å². The maximum atomic E-state index is 13.9. The summed E-state index contributed by atoms with van der Waals surface area (Å²) in [4.78, 5) is 29.5. The lowest BCUT2D eigenvalue weighted by Gasteiger charge is -2.13. The van der Waals surface area contributed by atoms with Crippen LogP contribution in [0.2, 0.25) is 0 Å². The Morgan fingerprint density at radius 2 is 1.81 bits per heavy atom. The number of nitro benzene ring substituents is 1. The molecule has 1 aromatic heterocycles. The number of carbonyl (C=O) groups is 1. The SMILES string of the molecule is COc1ccc(OC(N)=O)cc1Nc1ccnc(Nc2cc([N+](=O)[O-])c(F)cc2OC)n1. The van der Waals surface area contributed by atoms with Crippen molar-refractivity contribution in [2.24, 2.45) is 5.73 Å². The number of rotatable bonds is 8. The van der Waals surface area contributed by atoms with Crippen LogP contribution in [0.4, 0.5) is 38.0 Å². The van der Waals surface area contributed by atoms with E-state index in [1.165, 1.54) is 38.6 Å². The maximum Gasteiger partial charge on any atom is 0.409 e. The van der Waals surface area contributed by atoms with Gasteiger partial charge in [-0.15, -0.1) is 0 Å². The number of nitrogens with zero attached hydrogens (tertiary/aromatic N) is 3. The molecule has 3 aromatic rings. The molecule has 12 nitrogen and oxygen atoms in total. The summed E-state index contributed by atoms with van der Waals surface area (Å²) in [5.41, 5.74) is 4.80. The number of hydrogen-bond donors (Lipinski definition) is 3. The first-order chi connectivity index (χ1) is 15.3. The van der Waals surface area contributed by atoms with Gasteiger partial charge in [-0.05, 0) is 18.2 Å². The average Bonchev–Trinajstić information content (AvgIpc) is 2.74. The van der Waals surface area contributed by atoms with Crippen LogP contribution in [0.15, 0.2) is 42.6 Å². The summed E-state index contributed by atoms with van der Waals surface area (Å²) in [6.45, 7) is 0. The van der Waals surface area contributed by atoms with Crippen LogP contribution in [0.25, 0.3) is 0 Å². The Kier molecular flexibility index (Phi) is 6.48. The van der Waals surface area contributed by atoms with Gasteiger partial charge in [-0.25, -0.2) is 9.78 Å². The number of halogens is 1. The second-order valence-electron chi connectivity index (χ2n) is 6.06. The number of hydrogen-bond acceptors (Lipinski definition) is 10. The topological polar surface area (TPSA) is 164 Å². The Morgan fingerprint density at radius 3 is 2.47 bits per heavy atom. The van der Waals surface area contributed by atoms with Crippen LogP contribution in [0.1, 0.15) is 0 Å². The van der Waals surface area contributed by atoms with Crippen LogP contribution in [0, 0.1) is 15.9 Å². The van der Waals surface area contributed by atoms with Gasteiger partial charge < -0.3 is 30.6 Å². The number of carbonyl (C=O) groups excluding carboxylic acids is 1. The first kappa shape index (κ1) is 22.0. The van der Waals surface area contributed by atoms with Crippen LogP contribution in [-0.4, -0.2) is 35.2 Å². The van der Waals surface area contributed by atoms with E-state index in [9.17, 15) is 19.3 Å². The lowest BCUT2D eigenvalue weighted by Crippen LogP contribution is -2.16. The third-order valence-corrected chi connectivity index (χ3v) is 4.02. The zero-order valence-corrected chi connectivity index (χ0v) is 16.8. The number of aromatic nitrogens is 2. The van der Waals surface area contributed by atoms with E-state index in [0.717, 1.165) is 12.1 Å². The molecule has 2 aromatic carbocycles. The molecule has 32 heavy (non-hydrogen) atoms. The molecule has 0 fully saturated rings. The highest BCUT2D eigenvalue weighted by atomic mass is 19.1. The summed E-state index contributed by atoms with van der Waals surface area (Å²) in [5.74, 6) is -0.0837. The Labute approximate surface area is 180 Å². The molecule has 13 heteroatoms. The normalized spacial score (nSPS) is 10.2. The minimum absolute atomic E-state index is 0.0213. The highest BCUT2D eigenvalue weighted by Crippen LogP contribution is 2.34. The quantitative estimate of drug-likeness (QED) is 0.346. The molecule has 0 atom stereocenters. The van der Waals surface area contributed by atoms with E-state index in [1.54, 1.807) is 6.07 Å². The number of nitrogens with one attached hydrogen (secondary N) is 2. The Hall–Kier alpha value is -4.68. The van der Waals surface area contributed by atoms with Crippen LogP contribution in [0.3, 0.4) is 0 Å². The lowest BCUT2D eigenvalue weighted by atomic mass is 10.2. The van der Waals surface area contributed by atoms with Crippen molar-refractivity contribution < 1.29 is 28.3 Å². The maximum absolute atomic E-state index is 13.9. The van der Waals surface area contributed by atoms with E-state index in [4.69, 9.17) is 19.9 Å². The first-order valence-electron chi connectivity index (χ1n) is 8.85. The second kappa shape index (κ2) is 9.42. The molecular weight excluding hydrogens is 427 g/mol. The molecule has 4 N–H and O–H groups in total. The van der Waals surface area contributed by atoms with Crippen molar-refractivity contribution in [1.29, 1.82) is 0 Å². The summed E-state index contributed by atoms with van der Waals surface area (Å²) in [7, 11) is 2.74. The predicted molar refractivity (Wildman–Crippen MR) is 111 cm³/mol. The summed E-state index contributed by atoms with van der Waals surface area (Å²) in [6, 6.07) is 7.93. The fourth-order valence-electron chi connectivity index (χ4n) is 2.66. The predicted octanol–water partition coefficient (Wildman–Crippen LogP) is 3.49. The summed E-state index contributed by atoms with van der Waals surface area (Å²) in [6.07, 6.45) is 0.440. The van der Waals surface area contributed by atoms with Gasteiger partial charge in [0.05, 0.1) is 30.5 Å². The van der Waals surface area contributed by atoms with Crippen molar-refractivity contribution in [3.8, 4) is 17.2 Å². The van der Waals surface area contributed by atoms with Crippen LogP contribution >= 0.6 is 0 Å². The van der Waals surface area contributed by atoms with E-state index < -0.39 is 22.5 Å². The van der Waals surface area contributed by atoms with Gasteiger partial charge in [0, 0.05) is 24.4 Å². The standard InChI is InChI=1S/C19H17FN6O6/c1-30-15-4-3-10(32-18(21)27)7-12(15)23-17-5-6-22-19(25-17)24-13-9-14(26(28)29)11(20)8-16(13)31-2/h3-9H,1-2H3,(H2,21,27)(H2,22,23,24,25). The van der Waals surface area contributed by atoms with Crippen molar-refractivity contribution in [1.82, 2.24) is 9.97 Å². The largest absolute Gasteiger partial charge is 0.495 e. The van der Waals surface area contributed by atoms with Gasteiger partial charge >= 0.3 is 11.8 Å². The number of methoxy groups -OCH3 is 2. The van der Waals surface area contributed by atoms with Gasteiger partial charge in [0.2, 0.25) is 11.8 Å². The van der Waals surface area contributed by atoms with Gasteiger partial charge in [-0.1, -0.05) is 0 Å². The van der Waals surface area contributed by atoms with Crippen molar-refractivity contribution in [3.63, 3.8) is 0 Å².